The molecular weight excluding hydrogens is 282 g/mol. The predicted octanol–water partition coefficient (Wildman–Crippen LogP) is -0.138. The van der Waals surface area contributed by atoms with E-state index in [-0.39, 0.29) is 17.0 Å². The zero-order valence-corrected chi connectivity index (χ0v) is 11.7. The van der Waals surface area contributed by atoms with E-state index in [1.807, 2.05) is 6.92 Å². The summed E-state index contributed by atoms with van der Waals surface area (Å²) in [6.07, 6.45) is 0.758. The minimum Gasteiger partial charge on any atom is -0.355 e. The number of rotatable bonds is 4. The Labute approximate surface area is 117 Å². The van der Waals surface area contributed by atoms with Crippen LogP contribution in [-0.4, -0.2) is 38.3 Å². The van der Waals surface area contributed by atoms with Gasteiger partial charge in [-0.05, 0) is 18.6 Å². The molecule has 1 heterocycles. The summed E-state index contributed by atoms with van der Waals surface area (Å²) in [6.45, 7) is 2.02. The highest BCUT2D eigenvalue weighted by atomic mass is 32.2. The molecule has 2 amide bonds. The zero-order chi connectivity index (χ0) is 14.8. The number of hydrogen-bond donors (Lipinski definition) is 2. The summed E-state index contributed by atoms with van der Waals surface area (Å²) in [7, 11) is -3.82. The average molecular weight is 297 g/mol. The second kappa shape index (κ2) is 5.59. The van der Waals surface area contributed by atoms with Gasteiger partial charge in [-0.1, -0.05) is 19.1 Å². The van der Waals surface area contributed by atoms with Crippen molar-refractivity contribution in [2.75, 3.05) is 13.1 Å². The Morgan fingerprint density at radius 1 is 1.35 bits per heavy atom. The van der Waals surface area contributed by atoms with Gasteiger partial charge in [-0.15, -0.1) is 4.83 Å². The third-order valence-electron chi connectivity index (χ3n) is 2.76. The van der Waals surface area contributed by atoms with Crippen LogP contribution < -0.4 is 10.1 Å². The number of hydrogen-bond acceptors (Lipinski definition) is 4. The van der Waals surface area contributed by atoms with E-state index in [2.05, 4.69) is 10.1 Å². The van der Waals surface area contributed by atoms with E-state index in [1.54, 1.807) is 6.07 Å². The topological polar surface area (TPSA) is 95.6 Å². The molecule has 20 heavy (non-hydrogen) atoms. The standard InChI is InChI=1S/C12H15N3O4S/c1-2-7-13-11(16)8-15-12(17)9-5-3-4-6-10(9)20(18,19)14-15/h3-6,14H,2,7-8H2,1H3,(H,13,16). The van der Waals surface area contributed by atoms with Crippen LogP contribution in [0.2, 0.25) is 0 Å². The first-order valence-electron chi connectivity index (χ1n) is 6.15. The Morgan fingerprint density at radius 2 is 2.05 bits per heavy atom. The number of hydrazine groups is 1. The molecule has 0 atom stereocenters. The highest BCUT2D eigenvalue weighted by molar-refractivity contribution is 7.89. The lowest BCUT2D eigenvalue weighted by atomic mass is 10.2. The molecule has 1 aliphatic rings. The maximum absolute atomic E-state index is 12.1. The van der Waals surface area contributed by atoms with Crippen molar-refractivity contribution in [3.63, 3.8) is 0 Å². The van der Waals surface area contributed by atoms with Crippen molar-refractivity contribution in [2.24, 2.45) is 0 Å². The third-order valence-corrected chi connectivity index (χ3v) is 4.15. The van der Waals surface area contributed by atoms with Crippen LogP contribution in [0.3, 0.4) is 0 Å². The van der Waals surface area contributed by atoms with Crippen LogP contribution in [-0.2, 0) is 14.8 Å². The molecule has 0 spiro atoms. The van der Waals surface area contributed by atoms with Gasteiger partial charge >= 0.3 is 0 Å². The van der Waals surface area contributed by atoms with Gasteiger partial charge in [-0.25, -0.2) is 8.42 Å². The number of fused-ring (bicyclic) bond motifs is 1. The Balaban J connectivity index is 2.23. The number of amides is 2. The Bertz CT molecular complexity index is 642. The van der Waals surface area contributed by atoms with Crippen LogP contribution in [0.25, 0.3) is 0 Å². The lowest BCUT2D eigenvalue weighted by molar-refractivity contribution is -0.122. The summed E-state index contributed by atoms with van der Waals surface area (Å²) in [5, 5.41) is 3.39. The summed E-state index contributed by atoms with van der Waals surface area (Å²) in [5.74, 6) is -0.954. The van der Waals surface area contributed by atoms with Crippen molar-refractivity contribution >= 4 is 21.8 Å². The number of nitrogens with one attached hydrogen (secondary N) is 2. The first-order chi connectivity index (χ1) is 9.45. The SMILES string of the molecule is CCCNC(=O)CN1NS(=O)(=O)c2ccccc2C1=O. The second-order valence-electron chi connectivity index (χ2n) is 4.33. The summed E-state index contributed by atoms with van der Waals surface area (Å²) in [5.41, 5.74) is 0.0644. The Hall–Kier alpha value is -1.93. The molecule has 2 rings (SSSR count). The summed E-state index contributed by atoms with van der Waals surface area (Å²) in [6, 6.07) is 5.89. The van der Waals surface area contributed by atoms with Crippen LogP contribution in [0.15, 0.2) is 29.2 Å². The second-order valence-corrected chi connectivity index (χ2v) is 5.96. The molecule has 1 aliphatic heterocycles. The monoisotopic (exact) mass is 297 g/mol. The van der Waals surface area contributed by atoms with Crippen LogP contribution in [0.1, 0.15) is 23.7 Å². The molecule has 7 nitrogen and oxygen atoms in total. The van der Waals surface area contributed by atoms with E-state index in [1.165, 1.54) is 18.2 Å². The van der Waals surface area contributed by atoms with Gasteiger partial charge in [0.1, 0.15) is 6.54 Å². The fourth-order valence-electron chi connectivity index (χ4n) is 1.83. The van der Waals surface area contributed by atoms with E-state index in [4.69, 9.17) is 0 Å². The maximum atomic E-state index is 12.1. The highest BCUT2D eigenvalue weighted by Gasteiger charge is 2.34. The van der Waals surface area contributed by atoms with Crippen molar-refractivity contribution in [1.82, 2.24) is 15.2 Å². The molecule has 1 aromatic carbocycles. The van der Waals surface area contributed by atoms with Gasteiger partial charge in [0.05, 0.1) is 10.5 Å². The van der Waals surface area contributed by atoms with Gasteiger partial charge in [-0.2, -0.15) is 0 Å². The smallest absolute Gasteiger partial charge is 0.270 e. The summed E-state index contributed by atoms with van der Waals surface area (Å²) in [4.78, 5) is 25.8. The van der Waals surface area contributed by atoms with E-state index >= 15 is 0 Å². The van der Waals surface area contributed by atoms with E-state index in [0.29, 0.717) is 6.54 Å². The van der Waals surface area contributed by atoms with E-state index in [9.17, 15) is 18.0 Å². The van der Waals surface area contributed by atoms with Gasteiger partial charge < -0.3 is 5.32 Å². The van der Waals surface area contributed by atoms with Crippen LogP contribution in [0.4, 0.5) is 0 Å². The molecule has 0 radical (unpaired) electrons. The average Bonchev–Trinajstić information content (AvgIpc) is 2.42. The van der Waals surface area contributed by atoms with Crippen molar-refractivity contribution < 1.29 is 18.0 Å². The number of sulfonamides is 1. The van der Waals surface area contributed by atoms with E-state index < -0.39 is 21.8 Å². The molecule has 0 aliphatic carbocycles. The Morgan fingerprint density at radius 3 is 2.75 bits per heavy atom. The molecule has 0 unspecified atom stereocenters. The number of carbonyl (C=O) groups excluding carboxylic acids is 2. The Kier molecular flexibility index (Phi) is 4.05. The van der Waals surface area contributed by atoms with E-state index in [0.717, 1.165) is 11.4 Å². The molecule has 0 saturated heterocycles. The van der Waals surface area contributed by atoms with Gasteiger partial charge in [0.2, 0.25) is 5.91 Å². The molecule has 8 heteroatoms. The zero-order valence-electron chi connectivity index (χ0n) is 10.9. The lowest BCUT2D eigenvalue weighted by Gasteiger charge is -2.28. The molecule has 0 saturated carbocycles. The minimum atomic E-state index is -3.82. The molecule has 108 valence electrons. The van der Waals surface area contributed by atoms with Crippen molar-refractivity contribution in [3.05, 3.63) is 29.8 Å². The summed E-state index contributed by atoms with van der Waals surface area (Å²) >= 11 is 0. The first-order valence-corrected chi connectivity index (χ1v) is 7.64. The number of nitrogens with zero attached hydrogens (tertiary/aromatic N) is 1. The van der Waals surface area contributed by atoms with Crippen molar-refractivity contribution in [3.8, 4) is 0 Å². The van der Waals surface area contributed by atoms with Gasteiger partial charge in [0.15, 0.2) is 0 Å². The lowest BCUT2D eigenvalue weighted by Crippen LogP contribution is -2.53. The number of benzene rings is 1. The predicted molar refractivity (Wildman–Crippen MR) is 71.1 cm³/mol. The van der Waals surface area contributed by atoms with Crippen LogP contribution >= 0.6 is 0 Å². The molecule has 0 aromatic heterocycles. The van der Waals surface area contributed by atoms with Crippen LogP contribution in [0, 0.1) is 0 Å². The largest absolute Gasteiger partial charge is 0.355 e. The normalized spacial score (nSPS) is 16.6. The summed E-state index contributed by atoms with van der Waals surface area (Å²) < 4.78 is 24.0. The third kappa shape index (κ3) is 2.81. The first kappa shape index (κ1) is 14.5. The molecule has 2 N–H and O–H groups in total. The highest BCUT2D eigenvalue weighted by Crippen LogP contribution is 2.21. The quantitative estimate of drug-likeness (QED) is 0.808. The van der Waals surface area contributed by atoms with Gasteiger partial charge in [0, 0.05) is 6.54 Å². The minimum absolute atomic E-state index is 0.0644. The van der Waals surface area contributed by atoms with Crippen molar-refractivity contribution in [1.29, 1.82) is 0 Å². The van der Waals surface area contributed by atoms with Gasteiger partial charge in [-0.3, -0.25) is 14.6 Å². The van der Waals surface area contributed by atoms with Crippen LogP contribution in [0.5, 0.6) is 0 Å². The molecule has 1 aromatic rings. The molecule has 0 fully saturated rings. The molecular formula is C12H15N3O4S. The molecule has 0 bridgehead atoms. The van der Waals surface area contributed by atoms with Crippen molar-refractivity contribution in [2.45, 2.75) is 18.2 Å². The fraction of sp³-hybridized carbons (Fsp3) is 0.333. The maximum Gasteiger partial charge on any atom is 0.270 e. The number of carbonyl (C=O) groups is 2. The fourth-order valence-corrected chi connectivity index (χ4v) is 3.07. The van der Waals surface area contributed by atoms with Gasteiger partial charge in [0.25, 0.3) is 15.9 Å².